The number of ether oxygens (including phenoxy) is 1. The van der Waals surface area contributed by atoms with Crippen LogP contribution in [0.1, 0.15) is 5.56 Å². The molecule has 2 aromatic rings. The van der Waals surface area contributed by atoms with E-state index in [1.54, 1.807) is 7.11 Å². The Morgan fingerprint density at radius 1 is 1.23 bits per heavy atom. The van der Waals surface area contributed by atoms with Crippen LogP contribution in [0.5, 0.6) is 5.75 Å². The molecule has 0 amide bonds. The molecule has 1 fully saturated rings. The molecule has 3 rings (SSSR count). The Kier molecular flexibility index (Phi) is 6.33. The molecule has 0 bridgehead atoms. The molecule has 0 unspecified atom stereocenters. The summed E-state index contributed by atoms with van der Waals surface area (Å²) < 4.78 is 6.48. The minimum Gasteiger partial charge on any atom is -0.496 e. The summed E-state index contributed by atoms with van der Waals surface area (Å²) in [6, 6.07) is 12.0. The molecule has 0 saturated carbocycles. The molecule has 0 aliphatic carbocycles. The predicted octanol–water partition coefficient (Wildman–Crippen LogP) is 2.75. The summed E-state index contributed by atoms with van der Waals surface area (Å²) in [6.07, 6.45) is 1.84. The first-order valence-electron chi connectivity index (χ1n) is 8.65. The third-order valence-electron chi connectivity index (χ3n) is 4.44. The molecular formula is C19H24BrN5O. The number of guanidine groups is 1. The second-order valence-electron chi connectivity index (χ2n) is 6.02. The number of rotatable bonds is 4. The first-order chi connectivity index (χ1) is 12.7. The van der Waals surface area contributed by atoms with Crippen molar-refractivity contribution in [1.82, 2.24) is 15.2 Å². The number of methoxy groups -OCH3 is 1. The van der Waals surface area contributed by atoms with Gasteiger partial charge in [0.2, 0.25) is 0 Å². The molecule has 1 aliphatic rings. The van der Waals surface area contributed by atoms with Gasteiger partial charge in [0.15, 0.2) is 5.96 Å². The van der Waals surface area contributed by atoms with Crippen LogP contribution in [-0.2, 0) is 6.54 Å². The Hall–Kier alpha value is -2.28. The topological polar surface area (TPSA) is 53.0 Å². The van der Waals surface area contributed by atoms with Gasteiger partial charge in [-0.3, -0.25) is 4.99 Å². The maximum absolute atomic E-state index is 5.45. The quantitative estimate of drug-likeness (QED) is 0.612. The lowest BCUT2D eigenvalue weighted by atomic mass is 10.2. The third kappa shape index (κ3) is 4.46. The van der Waals surface area contributed by atoms with Crippen molar-refractivity contribution >= 4 is 27.7 Å². The molecule has 138 valence electrons. The summed E-state index contributed by atoms with van der Waals surface area (Å²) in [6.45, 7) is 4.34. The van der Waals surface area contributed by atoms with Crippen LogP contribution in [0.2, 0.25) is 0 Å². The molecule has 1 saturated heterocycles. The number of aromatic nitrogens is 1. The zero-order chi connectivity index (χ0) is 18.4. The second kappa shape index (κ2) is 8.89. The van der Waals surface area contributed by atoms with E-state index >= 15 is 0 Å². The number of pyridine rings is 1. The van der Waals surface area contributed by atoms with Gasteiger partial charge in [0.05, 0.1) is 7.11 Å². The van der Waals surface area contributed by atoms with E-state index in [1.165, 1.54) is 0 Å². The molecule has 1 N–H and O–H groups in total. The number of nitrogens with zero attached hydrogens (tertiary/aromatic N) is 4. The minimum absolute atomic E-state index is 0.662. The molecular weight excluding hydrogens is 394 g/mol. The number of halogens is 1. The zero-order valence-corrected chi connectivity index (χ0v) is 16.7. The normalized spacial score (nSPS) is 15.1. The highest BCUT2D eigenvalue weighted by atomic mass is 79.9. The van der Waals surface area contributed by atoms with Crippen LogP contribution in [-0.4, -0.2) is 56.2 Å². The van der Waals surface area contributed by atoms with Crippen molar-refractivity contribution in [2.24, 2.45) is 4.99 Å². The highest BCUT2D eigenvalue weighted by molar-refractivity contribution is 9.10. The molecule has 1 aromatic carbocycles. The van der Waals surface area contributed by atoms with Gasteiger partial charge in [0.1, 0.15) is 11.6 Å². The van der Waals surface area contributed by atoms with Crippen LogP contribution in [0, 0.1) is 0 Å². The SMILES string of the molecule is CN=C(NCc1cc(Br)ccc1OC)N1CCN(c2ccccn2)CC1. The Morgan fingerprint density at radius 2 is 2.04 bits per heavy atom. The first kappa shape index (κ1) is 18.5. The number of anilines is 1. The van der Waals surface area contributed by atoms with Crippen LogP contribution in [0.3, 0.4) is 0 Å². The van der Waals surface area contributed by atoms with E-state index in [-0.39, 0.29) is 0 Å². The number of benzene rings is 1. The van der Waals surface area contributed by atoms with E-state index in [2.05, 4.69) is 53.2 Å². The van der Waals surface area contributed by atoms with Gasteiger partial charge in [-0.25, -0.2) is 4.98 Å². The Balaban J connectivity index is 1.58. The van der Waals surface area contributed by atoms with Crippen molar-refractivity contribution < 1.29 is 4.74 Å². The summed E-state index contributed by atoms with van der Waals surface area (Å²) in [7, 11) is 3.52. The summed E-state index contributed by atoms with van der Waals surface area (Å²) in [5.74, 6) is 2.82. The maximum Gasteiger partial charge on any atom is 0.194 e. The smallest absolute Gasteiger partial charge is 0.194 e. The molecule has 26 heavy (non-hydrogen) atoms. The monoisotopic (exact) mass is 417 g/mol. The van der Waals surface area contributed by atoms with Crippen molar-refractivity contribution in [3.8, 4) is 5.75 Å². The van der Waals surface area contributed by atoms with Gasteiger partial charge in [-0.1, -0.05) is 22.0 Å². The highest BCUT2D eigenvalue weighted by Gasteiger charge is 2.20. The summed E-state index contributed by atoms with van der Waals surface area (Å²) in [4.78, 5) is 13.5. The van der Waals surface area contributed by atoms with Crippen molar-refractivity contribution in [1.29, 1.82) is 0 Å². The van der Waals surface area contributed by atoms with E-state index in [0.29, 0.717) is 6.54 Å². The van der Waals surface area contributed by atoms with Gasteiger partial charge in [-0.2, -0.15) is 0 Å². The van der Waals surface area contributed by atoms with Gasteiger partial charge in [-0.05, 0) is 30.3 Å². The number of nitrogens with one attached hydrogen (secondary N) is 1. The zero-order valence-electron chi connectivity index (χ0n) is 15.2. The summed E-state index contributed by atoms with van der Waals surface area (Å²) in [5, 5.41) is 3.45. The Bertz CT molecular complexity index is 745. The van der Waals surface area contributed by atoms with E-state index in [9.17, 15) is 0 Å². The molecule has 0 atom stereocenters. The van der Waals surface area contributed by atoms with Gasteiger partial charge in [0.25, 0.3) is 0 Å². The van der Waals surface area contributed by atoms with Gasteiger partial charge in [-0.15, -0.1) is 0 Å². The lowest BCUT2D eigenvalue weighted by Gasteiger charge is -2.37. The molecule has 0 radical (unpaired) electrons. The van der Waals surface area contributed by atoms with Crippen LogP contribution in [0.4, 0.5) is 5.82 Å². The van der Waals surface area contributed by atoms with Crippen molar-refractivity contribution in [3.63, 3.8) is 0 Å². The fraction of sp³-hybridized carbons (Fsp3) is 0.368. The minimum atomic E-state index is 0.662. The van der Waals surface area contributed by atoms with Crippen molar-refractivity contribution in [2.45, 2.75) is 6.54 Å². The van der Waals surface area contributed by atoms with Crippen molar-refractivity contribution in [3.05, 3.63) is 52.6 Å². The standard InChI is InChI=1S/C19H24BrN5O/c1-21-19(23-14-15-13-16(20)6-7-17(15)26-2)25-11-9-24(10-12-25)18-5-3-4-8-22-18/h3-8,13H,9-12,14H2,1-2H3,(H,21,23). The highest BCUT2D eigenvalue weighted by Crippen LogP contribution is 2.23. The number of hydrogen-bond acceptors (Lipinski definition) is 4. The van der Waals surface area contributed by atoms with E-state index in [4.69, 9.17) is 4.74 Å². The second-order valence-corrected chi connectivity index (χ2v) is 6.93. The Morgan fingerprint density at radius 3 is 2.69 bits per heavy atom. The van der Waals surface area contributed by atoms with Gasteiger partial charge in [0, 0.05) is 56.0 Å². The number of aliphatic imine (C=N–C) groups is 1. The lowest BCUT2D eigenvalue weighted by Crippen LogP contribution is -2.52. The van der Waals surface area contributed by atoms with E-state index in [0.717, 1.165) is 53.7 Å². The van der Waals surface area contributed by atoms with Crippen LogP contribution in [0.25, 0.3) is 0 Å². The number of hydrogen-bond donors (Lipinski definition) is 1. The largest absolute Gasteiger partial charge is 0.496 e. The first-order valence-corrected chi connectivity index (χ1v) is 9.44. The molecule has 6 nitrogen and oxygen atoms in total. The van der Waals surface area contributed by atoms with Crippen LogP contribution in [0.15, 0.2) is 52.1 Å². The summed E-state index contributed by atoms with van der Waals surface area (Å²) in [5.41, 5.74) is 1.09. The molecule has 1 aromatic heterocycles. The molecule has 7 heteroatoms. The Labute approximate surface area is 163 Å². The third-order valence-corrected chi connectivity index (χ3v) is 4.94. The van der Waals surface area contributed by atoms with Crippen molar-refractivity contribution in [2.75, 3.05) is 45.2 Å². The average molecular weight is 418 g/mol. The number of piperazine rings is 1. The van der Waals surface area contributed by atoms with E-state index in [1.807, 2.05) is 37.5 Å². The fourth-order valence-corrected chi connectivity index (χ4v) is 3.49. The molecule has 0 spiro atoms. The maximum atomic E-state index is 5.45. The molecule has 2 heterocycles. The van der Waals surface area contributed by atoms with E-state index < -0.39 is 0 Å². The molecule has 1 aliphatic heterocycles. The van der Waals surface area contributed by atoms with Crippen LogP contribution >= 0.6 is 15.9 Å². The summed E-state index contributed by atoms with van der Waals surface area (Å²) >= 11 is 3.52. The predicted molar refractivity (Wildman–Crippen MR) is 109 cm³/mol. The lowest BCUT2D eigenvalue weighted by molar-refractivity contribution is 0.370. The van der Waals surface area contributed by atoms with Crippen LogP contribution < -0.4 is 15.0 Å². The fourth-order valence-electron chi connectivity index (χ4n) is 3.08. The average Bonchev–Trinajstić information content (AvgIpc) is 2.70. The van der Waals surface area contributed by atoms with Gasteiger partial charge >= 0.3 is 0 Å². The van der Waals surface area contributed by atoms with Gasteiger partial charge < -0.3 is 19.9 Å².